The second-order valence-corrected chi connectivity index (χ2v) is 4.16. The van der Waals surface area contributed by atoms with Crippen molar-refractivity contribution in [3.05, 3.63) is 29.6 Å². The van der Waals surface area contributed by atoms with Crippen molar-refractivity contribution >= 4 is 11.5 Å². The molecule has 0 amide bonds. The quantitative estimate of drug-likeness (QED) is 0.759. The van der Waals surface area contributed by atoms with Gasteiger partial charge in [-0.2, -0.15) is 0 Å². The zero-order valence-electron chi connectivity index (χ0n) is 8.50. The maximum absolute atomic E-state index is 5.70. The minimum atomic E-state index is 0.265. The molecule has 1 unspecified atom stereocenters. The molecule has 5 heteroatoms. The summed E-state index contributed by atoms with van der Waals surface area (Å²) < 4.78 is 14.7. The van der Waals surface area contributed by atoms with Gasteiger partial charge >= 0.3 is 0 Å². The van der Waals surface area contributed by atoms with Crippen LogP contribution in [-0.2, 0) is 4.74 Å². The van der Waals surface area contributed by atoms with Crippen molar-refractivity contribution in [3.63, 3.8) is 0 Å². The fourth-order valence-electron chi connectivity index (χ4n) is 1.43. The Morgan fingerprint density at radius 2 is 2.31 bits per heavy atom. The topological polar surface area (TPSA) is 47.5 Å². The number of rotatable bonds is 4. The van der Waals surface area contributed by atoms with Gasteiger partial charge in [0.05, 0.1) is 6.61 Å². The van der Waals surface area contributed by atoms with E-state index in [0.717, 1.165) is 23.6 Å². The van der Waals surface area contributed by atoms with Crippen molar-refractivity contribution in [2.75, 3.05) is 13.2 Å². The molecule has 16 heavy (non-hydrogen) atoms. The van der Waals surface area contributed by atoms with Crippen LogP contribution in [0.4, 0.5) is 0 Å². The van der Waals surface area contributed by atoms with Crippen LogP contribution >= 0.6 is 11.5 Å². The molecule has 1 aromatic carbocycles. The molecule has 0 radical (unpaired) electrons. The summed E-state index contributed by atoms with van der Waals surface area (Å²) in [7, 11) is 0. The average molecular weight is 234 g/mol. The summed E-state index contributed by atoms with van der Waals surface area (Å²) in [5.74, 6) is 0.839. The third-order valence-corrected chi connectivity index (χ3v) is 2.85. The molecule has 3 rings (SSSR count). The Bertz CT molecular complexity index is 469. The van der Waals surface area contributed by atoms with Gasteiger partial charge in [-0.1, -0.05) is 16.6 Å². The van der Waals surface area contributed by atoms with Crippen LogP contribution in [0, 0.1) is 0 Å². The van der Waals surface area contributed by atoms with Crippen LogP contribution in [-0.4, -0.2) is 28.9 Å². The molecule has 2 heterocycles. The Labute approximate surface area is 97.0 Å². The minimum absolute atomic E-state index is 0.265. The second kappa shape index (κ2) is 4.19. The highest BCUT2D eigenvalue weighted by molar-refractivity contribution is 7.03. The van der Waals surface area contributed by atoms with Crippen LogP contribution in [0.1, 0.15) is 0 Å². The van der Waals surface area contributed by atoms with Gasteiger partial charge in [-0.25, -0.2) is 0 Å². The van der Waals surface area contributed by atoms with E-state index >= 15 is 0 Å². The van der Waals surface area contributed by atoms with Gasteiger partial charge in [0.15, 0.2) is 0 Å². The van der Waals surface area contributed by atoms with Crippen molar-refractivity contribution in [2.24, 2.45) is 0 Å². The Morgan fingerprint density at radius 3 is 3.06 bits per heavy atom. The molecule has 1 saturated heterocycles. The summed E-state index contributed by atoms with van der Waals surface area (Å²) in [4.78, 5) is 0. The van der Waals surface area contributed by atoms with Crippen molar-refractivity contribution in [1.82, 2.24) is 9.59 Å². The lowest BCUT2D eigenvalue weighted by atomic mass is 10.1. The smallest absolute Gasteiger partial charge is 0.128 e. The summed E-state index contributed by atoms with van der Waals surface area (Å²) in [6.07, 6.45) is 0.265. The lowest BCUT2D eigenvalue weighted by molar-refractivity contribution is 0.264. The fraction of sp³-hybridized carbons (Fsp3) is 0.273. The molecule has 4 nitrogen and oxygen atoms in total. The molecule has 1 atom stereocenters. The standard InChI is InChI=1S/C11H10N2O2S/c1-2-4-11(15-6-8-5-14-8)9(3-1)10-7-16-13-12-10/h1-4,7-8H,5-6H2. The normalized spacial score (nSPS) is 18.4. The number of benzene rings is 1. The lowest BCUT2D eigenvalue weighted by Crippen LogP contribution is -2.04. The molecule has 82 valence electrons. The van der Waals surface area contributed by atoms with E-state index in [-0.39, 0.29) is 6.10 Å². The Hall–Kier alpha value is -1.46. The molecule has 1 aliphatic heterocycles. The number of hydrogen-bond donors (Lipinski definition) is 0. The first-order valence-corrected chi connectivity index (χ1v) is 5.88. The van der Waals surface area contributed by atoms with Gasteiger partial charge in [-0.05, 0) is 23.7 Å². The maximum Gasteiger partial charge on any atom is 0.128 e. The van der Waals surface area contributed by atoms with E-state index in [1.54, 1.807) is 0 Å². The van der Waals surface area contributed by atoms with Crippen LogP contribution in [0.15, 0.2) is 29.6 Å². The monoisotopic (exact) mass is 234 g/mol. The van der Waals surface area contributed by atoms with Gasteiger partial charge in [0.1, 0.15) is 24.2 Å². The molecule has 0 N–H and O–H groups in total. The fourth-order valence-corrected chi connectivity index (χ4v) is 1.89. The molecule has 0 aliphatic carbocycles. The first-order valence-electron chi connectivity index (χ1n) is 5.04. The van der Waals surface area contributed by atoms with E-state index in [9.17, 15) is 0 Å². The predicted molar refractivity (Wildman–Crippen MR) is 60.6 cm³/mol. The summed E-state index contributed by atoms with van der Waals surface area (Å²) in [6, 6.07) is 7.85. The zero-order chi connectivity index (χ0) is 10.8. The van der Waals surface area contributed by atoms with E-state index in [0.29, 0.717) is 6.61 Å². The number of nitrogens with zero attached hydrogens (tertiary/aromatic N) is 2. The third-order valence-electron chi connectivity index (χ3n) is 2.35. The molecule has 2 aromatic rings. The molecule has 0 spiro atoms. The zero-order valence-corrected chi connectivity index (χ0v) is 9.31. The SMILES string of the molecule is c1ccc(-c2csnn2)c(OCC2CO2)c1. The predicted octanol–water partition coefficient (Wildman–Crippen LogP) is 1.98. The van der Waals surface area contributed by atoms with Gasteiger partial charge in [-0.15, -0.1) is 5.10 Å². The highest BCUT2D eigenvalue weighted by atomic mass is 32.1. The van der Waals surface area contributed by atoms with Crippen LogP contribution in [0.25, 0.3) is 11.3 Å². The molecule has 0 bridgehead atoms. The van der Waals surface area contributed by atoms with Crippen LogP contribution < -0.4 is 4.74 Å². The molecule has 0 saturated carbocycles. The Kier molecular flexibility index (Phi) is 2.55. The maximum atomic E-state index is 5.70. The van der Waals surface area contributed by atoms with Gasteiger partial charge in [0, 0.05) is 10.9 Å². The first kappa shape index (κ1) is 9.74. The van der Waals surface area contributed by atoms with Crippen molar-refractivity contribution in [3.8, 4) is 17.0 Å². The van der Waals surface area contributed by atoms with E-state index < -0.39 is 0 Å². The molecule has 1 aromatic heterocycles. The number of ether oxygens (including phenoxy) is 2. The summed E-state index contributed by atoms with van der Waals surface area (Å²) in [5.41, 5.74) is 1.84. The average Bonchev–Trinajstić information content (AvgIpc) is 3.00. The number of epoxide rings is 1. The molecular formula is C11H10N2O2S. The lowest BCUT2D eigenvalue weighted by Gasteiger charge is -2.07. The van der Waals surface area contributed by atoms with Crippen LogP contribution in [0.2, 0.25) is 0 Å². The minimum Gasteiger partial charge on any atom is -0.490 e. The molecular weight excluding hydrogens is 224 g/mol. The summed E-state index contributed by atoms with van der Waals surface area (Å²) in [6.45, 7) is 1.41. The van der Waals surface area contributed by atoms with Gasteiger partial charge < -0.3 is 9.47 Å². The van der Waals surface area contributed by atoms with E-state index in [1.807, 2.05) is 29.6 Å². The Balaban J connectivity index is 1.85. The molecule has 1 fully saturated rings. The highest BCUT2D eigenvalue weighted by Crippen LogP contribution is 2.29. The van der Waals surface area contributed by atoms with Crippen molar-refractivity contribution in [2.45, 2.75) is 6.10 Å². The van der Waals surface area contributed by atoms with E-state index in [2.05, 4.69) is 9.59 Å². The summed E-state index contributed by atoms with van der Waals surface area (Å²) >= 11 is 1.34. The van der Waals surface area contributed by atoms with Gasteiger partial charge in [0.2, 0.25) is 0 Å². The highest BCUT2D eigenvalue weighted by Gasteiger charge is 2.23. The van der Waals surface area contributed by atoms with Crippen LogP contribution in [0.3, 0.4) is 0 Å². The second-order valence-electron chi connectivity index (χ2n) is 3.55. The Morgan fingerprint density at radius 1 is 1.44 bits per heavy atom. The molecule has 1 aliphatic rings. The number of aromatic nitrogens is 2. The first-order chi connectivity index (χ1) is 7.93. The largest absolute Gasteiger partial charge is 0.490 e. The number of para-hydroxylation sites is 1. The number of hydrogen-bond acceptors (Lipinski definition) is 5. The summed E-state index contributed by atoms with van der Waals surface area (Å²) in [5, 5.41) is 5.96. The van der Waals surface area contributed by atoms with E-state index in [1.165, 1.54) is 11.5 Å². The third kappa shape index (κ3) is 2.05. The van der Waals surface area contributed by atoms with Crippen LogP contribution in [0.5, 0.6) is 5.75 Å². The van der Waals surface area contributed by atoms with Crippen molar-refractivity contribution < 1.29 is 9.47 Å². The van der Waals surface area contributed by atoms with Crippen molar-refractivity contribution in [1.29, 1.82) is 0 Å². The van der Waals surface area contributed by atoms with Gasteiger partial charge in [-0.3, -0.25) is 0 Å². The van der Waals surface area contributed by atoms with Gasteiger partial charge in [0.25, 0.3) is 0 Å². The van der Waals surface area contributed by atoms with E-state index in [4.69, 9.17) is 9.47 Å².